The molecule has 0 saturated carbocycles. The fourth-order valence-electron chi connectivity index (χ4n) is 4.64. The fraction of sp³-hybridized carbons (Fsp3) is 0.412. The maximum atomic E-state index is 13.4. The van der Waals surface area contributed by atoms with Crippen LogP contribution in [0.1, 0.15) is 76.9 Å². The average molecular weight is 678 g/mol. The van der Waals surface area contributed by atoms with Gasteiger partial charge in [-0.15, -0.1) is 0 Å². The number of nitrogens with one attached hydrogen (secondary N) is 1. The van der Waals surface area contributed by atoms with E-state index in [0.29, 0.717) is 0 Å². The maximum Gasteiger partial charge on any atom is 0.391 e. The van der Waals surface area contributed by atoms with Crippen LogP contribution in [0.2, 0.25) is 5.02 Å². The van der Waals surface area contributed by atoms with Gasteiger partial charge in [-0.05, 0) is 90.4 Å². The zero-order valence-electron chi connectivity index (χ0n) is 27.5. The number of amides is 1. The molecular weight excluding hydrogens is 639 g/mol. The van der Waals surface area contributed by atoms with E-state index in [0.717, 1.165) is 23.8 Å². The molecule has 2 atom stereocenters. The van der Waals surface area contributed by atoms with Crippen molar-refractivity contribution in [3.63, 3.8) is 0 Å². The molecule has 0 fully saturated rings. The van der Waals surface area contributed by atoms with E-state index in [4.69, 9.17) is 26.2 Å². The maximum absolute atomic E-state index is 13.4. The van der Waals surface area contributed by atoms with Crippen LogP contribution in [0.5, 0.6) is 5.75 Å². The van der Waals surface area contributed by atoms with Gasteiger partial charge in [0.25, 0.3) is 5.56 Å². The van der Waals surface area contributed by atoms with Crippen molar-refractivity contribution in [2.24, 2.45) is 5.92 Å². The summed E-state index contributed by atoms with van der Waals surface area (Å²) in [5.41, 5.74) is -0.172. The second-order valence-corrected chi connectivity index (χ2v) is 13.1. The lowest BCUT2D eigenvalue weighted by molar-refractivity contribution is -0.173. The van der Waals surface area contributed by atoms with Gasteiger partial charge in [-0.1, -0.05) is 18.5 Å². The van der Waals surface area contributed by atoms with Gasteiger partial charge >= 0.3 is 12.1 Å². The van der Waals surface area contributed by atoms with E-state index in [1.807, 2.05) is 6.07 Å². The Kier molecular flexibility index (Phi) is 12.8. The minimum Gasteiger partial charge on any atom is -0.495 e. The van der Waals surface area contributed by atoms with E-state index in [2.05, 4.69) is 46.9 Å². The molecule has 0 bridgehead atoms. The van der Waals surface area contributed by atoms with Crippen molar-refractivity contribution < 1.29 is 37.3 Å². The first-order valence-electron chi connectivity index (χ1n) is 14.5. The van der Waals surface area contributed by atoms with Gasteiger partial charge in [0.05, 0.1) is 47.6 Å². The topological polar surface area (TPSA) is 131 Å². The first-order valence-corrected chi connectivity index (χ1v) is 14.9. The third kappa shape index (κ3) is 11.8. The molecule has 2 unspecified atom stereocenters. The van der Waals surface area contributed by atoms with Crippen LogP contribution in [0, 0.1) is 17.2 Å². The lowest BCUT2D eigenvalue weighted by Gasteiger charge is -2.30. The number of hydrogen-bond acceptors (Lipinski definition) is 6. The van der Waals surface area contributed by atoms with Crippen LogP contribution in [0.3, 0.4) is 0 Å². The molecule has 0 radical (unpaired) electrons. The molecule has 2 aromatic carbocycles. The van der Waals surface area contributed by atoms with Gasteiger partial charge in [-0.2, -0.15) is 18.4 Å². The summed E-state index contributed by atoms with van der Waals surface area (Å²) in [7, 11) is 1.27. The number of aromatic carboxylic acids is 1. The number of aromatic nitrogens is 1. The number of carbonyl (C=O) groups excluding carboxylic acids is 1. The van der Waals surface area contributed by atoms with Gasteiger partial charge in [-0.3, -0.25) is 14.2 Å². The van der Waals surface area contributed by atoms with E-state index in [-0.39, 0.29) is 49.9 Å². The van der Waals surface area contributed by atoms with Crippen LogP contribution in [-0.2, 0) is 9.53 Å². The van der Waals surface area contributed by atoms with E-state index in [9.17, 15) is 32.8 Å². The second kappa shape index (κ2) is 15.5. The first kappa shape index (κ1) is 38.8. The number of hydrogen-bond donors (Lipinski definition) is 2. The summed E-state index contributed by atoms with van der Waals surface area (Å²) in [5.74, 6) is -4.06. The Morgan fingerprint density at radius 3 is 2.02 bits per heavy atom. The summed E-state index contributed by atoms with van der Waals surface area (Å²) in [6.45, 7) is 13.3. The van der Waals surface area contributed by atoms with E-state index in [1.165, 1.54) is 49.6 Å². The minimum atomic E-state index is -4.64. The Bertz CT molecular complexity index is 1660. The lowest BCUT2D eigenvalue weighted by Crippen LogP contribution is -2.36. The standard InChI is InChI=1S/C26H21ClF3N3O5.C8H18O/c1-14(26(28,29)30)9-21(24(35)32-18-7-4-15(5-8-18)25(36)37)33-13-22(38-2)20(11-23(33)34)19-10-17(27)6-3-16(19)12-31;1-7(2,3)9-8(4,5)6/h3-8,10-11,13-14,21H,9H2,1-2H3,(H,32,35)(H,36,37);1-6H3. The molecule has 0 aliphatic heterocycles. The molecule has 1 heterocycles. The number of benzene rings is 2. The molecule has 9 nitrogen and oxygen atoms in total. The van der Waals surface area contributed by atoms with Crippen molar-refractivity contribution in [1.29, 1.82) is 5.26 Å². The number of rotatable bonds is 8. The quantitative estimate of drug-likeness (QED) is 0.246. The van der Waals surface area contributed by atoms with Crippen LogP contribution in [0.4, 0.5) is 18.9 Å². The summed E-state index contributed by atoms with van der Waals surface area (Å²) in [5, 5.41) is 21.2. The Morgan fingerprint density at radius 2 is 1.57 bits per heavy atom. The number of nitrogens with zero attached hydrogens (tertiary/aromatic N) is 2. The van der Waals surface area contributed by atoms with Gasteiger partial charge in [0.15, 0.2) is 0 Å². The zero-order chi connectivity index (χ0) is 35.9. The molecular formula is C34H39ClF3N3O6. The normalized spacial score (nSPS) is 13.0. The monoisotopic (exact) mass is 677 g/mol. The van der Waals surface area contributed by atoms with Crippen LogP contribution in [0.25, 0.3) is 11.1 Å². The number of alkyl halides is 3. The average Bonchev–Trinajstić information content (AvgIpc) is 2.94. The third-order valence-corrected chi connectivity index (χ3v) is 6.68. The van der Waals surface area contributed by atoms with Crippen molar-refractivity contribution in [1.82, 2.24) is 4.57 Å². The highest BCUT2D eigenvalue weighted by Gasteiger charge is 2.39. The largest absolute Gasteiger partial charge is 0.495 e. The third-order valence-electron chi connectivity index (χ3n) is 6.44. The molecule has 0 saturated heterocycles. The number of carboxylic acids is 1. The highest BCUT2D eigenvalue weighted by atomic mass is 35.5. The molecule has 254 valence electrons. The van der Waals surface area contributed by atoms with Crippen LogP contribution >= 0.6 is 11.6 Å². The number of nitriles is 1. The number of halogens is 4. The summed E-state index contributed by atoms with van der Waals surface area (Å²) >= 11 is 6.06. The predicted octanol–water partition coefficient (Wildman–Crippen LogP) is 8.12. The molecule has 3 rings (SSSR count). The number of carbonyl (C=O) groups is 2. The van der Waals surface area contributed by atoms with E-state index in [1.54, 1.807) is 0 Å². The van der Waals surface area contributed by atoms with Gasteiger partial charge < -0.3 is 19.9 Å². The fourth-order valence-corrected chi connectivity index (χ4v) is 4.81. The predicted molar refractivity (Wildman–Crippen MR) is 174 cm³/mol. The number of carboxylic acid groups (broad SMARTS) is 1. The summed E-state index contributed by atoms with van der Waals surface area (Å²) < 4.78 is 52.2. The van der Waals surface area contributed by atoms with Crippen molar-refractivity contribution in [3.05, 3.63) is 81.2 Å². The van der Waals surface area contributed by atoms with E-state index >= 15 is 0 Å². The number of methoxy groups -OCH3 is 1. The SMILES string of the molecule is CC(C)(C)OC(C)(C)C.COc1cn(C(CC(C)C(F)(F)F)C(=O)Nc2ccc(C(=O)O)cc2)c(=O)cc1-c1cc(Cl)ccc1C#N. The molecule has 13 heteroatoms. The highest BCUT2D eigenvalue weighted by Crippen LogP contribution is 2.36. The Morgan fingerprint density at radius 1 is 1.00 bits per heavy atom. The molecule has 2 N–H and O–H groups in total. The number of ether oxygens (including phenoxy) is 2. The van der Waals surface area contributed by atoms with Gasteiger partial charge in [0.1, 0.15) is 11.8 Å². The highest BCUT2D eigenvalue weighted by molar-refractivity contribution is 6.31. The Hall–Kier alpha value is -4.34. The first-order chi connectivity index (χ1) is 21.6. The number of anilines is 1. The molecule has 47 heavy (non-hydrogen) atoms. The number of pyridine rings is 1. The summed E-state index contributed by atoms with van der Waals surface area (Å²) in [4.78, 5) is 37.4. The molecule has 0 aliphatic carbocycles. The Balaban J connectivity index is 0.000000745. The second-order valence-electron chi connectivity index (χ2n) is 12.7. The molecule has 1 amide bonds. The molecule has 1 aromatic heterocycles. The van der Waals surface area contributed by atoms with Crippen molar-refractivity contribution in [3.8, 4) is 22.9 Å². The zero-order valence-corrected chi connectivity index (χ0v) is 28.2. The Labute approximate surface area is 276 Å². The molecule has 0 spiro atoms. The van der Waals surface area contributed by atoms with Gasteiger partial charge in [0.2, 0.25) is 5.91 Å². The molecule has 3 aromatic rings. The van der Waals surface area contributed by atoms with Crippen molar-refractivity contribution in [2.75, 3.05) is 12.4 Å². The van der Waals surface area contributed by atoms with E-state index < -0.39 is 42.0 Å². The molecule has 0 aliphatic rings. The summed E-state index contributed by atoms with van der Waals surface area (Å²) in [6.07, 6.45) is -4.30. The van der Waals surface area contributed by atoms with Crippen LogP contribution < -0.4 is 15.6 Å². The smallest absolute Gasteiger partial charge is 0.391 e. The van der Waals surface area contributed by atoms with Crippen molar-refractivity contribution in [2.45, 2.75) is 78.3 Å². The summed E-state index contributed by atoms with van der Waals surface area (Å²) in [6, 6.07) is 10.8. The van der Waals surface area contributed by atoms with Crippen LogP contribution in [-0.4, -0.2) is 46.0 Å². The van der Waals surface area contributed by atoms with Crippen LogP contribution in [0.15, 0.2) is 59.5 Å². The van der Waals surface area contributed by atoms with Gasteiger partial charge in [0, 0.05) is 27.9 Å². The minimum absolute atomic E-state index is 0.0156. The lowest BCUT2D eigenvalue weighted by atomic mass is 9.98. The van der Waals surface area contributed by atoms with Crippen molar-refractivity contribution >= 4 is 29.2 Å². The van der Waals surface area contributed by atoms with Gasteiger partial charge in [-0.25, -0.2) is 4.79 Å².